The van der Waals surface area contributed by atoms with Gasteiger partial charge in [-0.1, -0.05) is 24.3 Å². The van der Waals surface area contributed by atoms with Crippen molar-refractivity contribution in [2.75, 3.05) is 6.61 Å². The Hall–Kier alpha value is -2.73. The van der Waals surface area contributed by atoms with Gasteiger partial charge in [-0.2, -0.15) is 5.10 Å². The van der Waals surface area contributed by atoms with Crippen LogP contribution in [0.15, 0.2) is 30.3 Å². The van der Waals surface area contributed by atoms with Crippen molar-refractivity contribution in [1.29, 1.82) is 0 Å². The summed E-state index contributed by atoms with van der Waals surface area (Å²) in [4.78, 5) is 18.3. The van der Waals surface area contributed by atoms with E-state index in [0.717, 1.165) is 46.4 Å². The summed E-state index contributed by atoms with van der Waals surface area (Å²) >= 11 is 0. The molecule has 1 fully saturated rings. The average Bonchev–Trinajstić information content (AvgIpc) is 3.53. The summed E-state index contributed by atoms with van der Waals surface area (Å²) in [5.74, 6) is 0.364. The number of amides is 1. The fourth-order valence-corrected chi connectivity index (χ4v) is 3.90. The van der Waals surface area contributed by atoms with E-state index >= 15 is 0 Å². The van der Waals surface area contributed by atoms with E-state index in [2.05, 4.69) is 26.1 Å². The second-order valence-corrected chi connectivity index (χ2v) is 9.32. The molecule has 6 nitrogen and oxygen atoms in total. The lowest BCUT2D eigenvalue weighted by atomic mass is 10.1. The number of aryl methyl sites for hydroxylation is 1. The number of hydrogen-bond acceptors (Lipinski definition) is 4. The highest BCUT2D eigenvalue weighted by Crippen LogP contribution is 2.41. The lowest BCUT2D eigenvalue weighted by molar-refractivity contribution is 0.0951. The summed E-state index contributed by atoms with van der Waals surface area (Å²) in [5, 5.41) is 8.72. The van der Waals surface area contributed by atoms with Gasteiger partial charge in [-0.25, -0.2) is 9.67 Å². The van der Waals surface area contributed by atoms with Crippen molar-refractivity contribution in [2.24, 2.45) is 0 Å². The molecule has 0 saturated heterocycles. The number of nitrogens with zero attached hydrogens (tertiary/aromatic N) is 3. The van der Waals surface area contributed by atoms with Crippen LogP contribution in [0.25, 0.3) is 11.0 Å². The Bertz CT molecular complexity index is 1110. The quantitative estimate of drug-likeness (QED) is 0.594. The van der Waals surface area contributed by atoms with Gasteiger partial charge >= 0.3 is 0 Å². The Balaban J connectivity index is 1.68. The smallest absolute Gasteiger partial charge is 0.252 e. The number of hydrogen-bond donors (Lipinski definition) is 1. The van der Waals surface area contributed by atoms with E-state index in [4.69, 9.17) is 14.8 Å². The zero-order chi connectivity index (χ0) is 22.2. The van der Waals surface area contributed by atoms with Crippen LogP contribution in [-0.2, 0) is 23.4 Å². The summed E-state index contributed by atoms with van der Waals surface area (Å²) in [6, 6.07) is 10.0. The fourth-order valence-electron chi connectivity index (χ4n) is 3.90. The van der Waals surface area contributed by atoms with E-state index in [1.807, 2.05) is 48.9 Å². The molecule has 0 bridgehead atoms. The molecule has 0 radical (unpaired) electrons. The third kappa shape index (κ3) is 4.49. The topological polar surface area (TPSA) is 69.0 Å². The highest BCUT2D eigenvalue weighted by molar-refractivity contribution is 6.06. The molecule has 164 valence electrons. The maximum absolute atomic E-state index is 13.4. The lowest BCUT2D eigenvalue weighted by Gasteiger charge is -2.20. The van der Waals surface area contributed by atoms with Crippen LogP contribution in [0.4, 0.5) is 0 Å². The molecule has 2 heterocycles. The second kappa shape index (κ2) is 8.42. The number of carbonyl (C=O) groups excluding carboxylic acids is 1. The maximum atomic E-state index is 13.4. The third-order valence-electron chi connectivity index (χ3n) is 5.73. The molecule has 0 atom stereocenters. The molecule has 1 aromatic carbocycles. The predicted octanol–water partition coefficient (Wildman–Crippen LogP) is 4.84. The Morgan fingerprint density at radius 1 is 1.23 bits per heavy atom. The molecule has 6 heteroatoms. The number of nitrogens with one attached hydrogen (secondary N) is 1. The minimum absolute atomic E-state index is 0.0860. The minimum Gasteiger partial charge on any atom is -0.377 e. The first-order valence-corrected chi connectivity index (χ1v) is 11.1. The first kappa shape index (κ1) is 21.5. The van der Waals surface area contributed by atoms with E-state index in [-0.39, 0.29) is 11.4 Å². The Morgan fingerprint density at radius 2 is 1.94 bits per heavy atom. The highest BCUT2D eigenvalue weighted by atomic mass is 16.5. The first-order chi connectivity index (χ1) is 14.8. The van der Waals surface area contributed by atoms with E-state index in [9.17, 15) is 4.79 Å². The van der Waals surface area contributed by atoms with Gasteiger partial charge in [-0.05, 0) is 64.7 Å². The normalized spacial score (nSPS) is 14.2. The van der Waals surface area contributed by atoms with E-state index in [1.165, 1.54) is 0 Å². The Labute approximate surface area is 184 Å². The van der Waals surface area contributed by atoms with Crippen molar-refractivity contribution >= 4 is 16.9 Å². The largest absolute Gasteiger partial charge is 0.377 e. The predicted molar refractivity (Wildman–Crippen MR) is 122 cm³/mol. The molecule has 3 aromatic rings. The van der Waals surface area contributed by atoms with Crippen LogP contribution in [0, 0.1) is 6.92 Å². The summed E-state index contributed by atoms with van der Waals surface area (Å²) in [5.41, 5.74) is 5.26. The monoisotopic (exact) mass is 420 g/mol. The molecule has 1 aliphatic rings. The molecule has 31 heavy (non-hydrogen) atoms. The van der Waals surface area contributed by atoms with Crippen molar-refractivity contribution in [3.63, 3.8) is 0 Å². The Kier molecular flexibility index (Phi) is 5.84. The van der Waals surface area contributed by atoms with Crippen molar-refractivity contribution in [3.8, 4) is 0 Å². The van der Waals surface area contributed by atoms with Gasteiger partial charge in [0.15, 0.2) is 5.65 Å². The molecule has 0 aliphatic heterocycles. The molecule has 1 saturated carbocycles. The van der Waals surface area contributed by atoms with Gasteiger partial charge in [0, 0.05) is 24.8 Å². The summed E-state index contributed by atoms with van der Waals surface area (Å²) in [7, 11) is 0. The summed E-state index contributed by atoms with van der Waals surface area (Å²) in [6.45, 7) is 11.9. The number of aromatic nitrogens is 3. The molecule has 1 N–H and O–H groups in total. The Morgan fingerprint density at radius 3 is 2.58 bits per heavy atom. The molecule has 1 aliphatic carbocycles. The van der Waals surface area contributed by atoms with Crippen LogP contribution in [0.1, 0.15) is 79.3 Å². The zero-order valence-electron chi connectivity index (χ0n) is 19.2. The van der Waals surface area contributed by atoms with E-state index in [0.29, 0.717) is 31.2 Å². The number of fused-ring (bicyclic) bond motifs is 1. The van der Waals surface area contributed by atoms with E-state index < -0.39 is 0 Å². The molecule has 4 rings (SSSR count). The number of benzene rings is 1. The molecular formula is C25H32N4O2. The van der Waals surface area contributed by atoms with Crippen LogP contribution < -0.4 is 5.32 Å². The molecule has 1 amide bonds. The molecule has 0 unspecified atom stereocenters. The van der Waals surface area contributed by atoms with Gasteiger partial charge in [-0.3, -0.25) is 4.79 Å². The van der Waals surface area contributed by atoms with Gasteiger partial charge in [0.2, 0.25) is 0 Å². The van der Waals surface area contributed by atoms with Gasteiger partial charge in [0.05, 0.1) is 28.8 Å². The lowest BCUT2D eigenvalue weighted by Crippen LogP contribution is -2.25. The minimum atomic E-state index is -0.215. The number of carbonyl (C=O) groups is 1. The van der Waals surface area contributed by atoms with Crippen molar-refractivity contribution in [2.45, 2.75) is 72.1 Å². The SMILES string of the molecule is CCOCc1ccccc1CNC(=O)c1cc(C2CC2)nc2c1c(C)nn2C(C)(C)C. The molecule has 2 aromatic heterocycles. The van der Waals surface area contributed by atoms with Crippen molar-refractivity contribution in [3.05, 3.63) is 58.4 Å². The first-order valence-electron chi connectivity index (χ1n) is 11.1. The van der Waals surface area contributed by atoms with Crippen molar-refractivity contribution < 1.29 is 9.53 Å². The van der Waals surface area contributed by atoms with Gasteiger partial charge in [0.1, 0.15) is 0 Å². The average molecular weight is 421 g/mol. The number of ether oxygens (including phenoxy) is 1. The van der Waals surface area contributed by atoms with Crippen LogP contribution in [0.2, 0.25) is 0 Å². The second-order valence-electron chi connectivity index (χ2n) is 9.32. The van der Waals surface area contributed by atoms with Crippen LogP contribution >= 0.6 is 0 Å². The molecule has 0 spiro atoms. The number of rotatable bonds is 7. The van der Waals surface area contributed by atoms with Crippen LogP contribution in [-0.4, -0.2) is 27.3 Å². The zero-order valence-corrected chi connectivity index (χ0v) is 19.2. The van der Waals surface area contributed by atoms with Crippen molar-refractivity contribution in [1.82, 2.24) is 20.1 Å². The van der Waals surface area contributed by atoms with Gasteiger partial charge in [0.25, 0.3) is 5.91 Å². The van der Waals surface area contributed by atoms with Crippen LogP contribution in [0.3, 0.4) is 0 Å². The standard InChI is InChI=1S/C25H32N4O2/c1-6-31-15-19-10-8-7-9-18(19)14-26-24(30)20-13-21(17-11-12-17)27-23-22(20)16(2)28-29(23)25(3,4)5/h7-10,13,17H,6,11-12,14-15H2,1-5H3,(H,26,30). The molecular weight excluding hydrogens is 388 g/mol. The summed E-state index contributed by atoms with van der Waals surface area (Å²) in [6.07, 6.45) is 2.26. The summed E-state index contributed by atoms with van der Waals surface area (Å²) < 4.78 is 7.53. The van der Waals surface area contributed by atoms with Gasteiger partial charge in [-0.15, -0.1) is 0 Å². The maximum Gasteiger partial charge on any atom is 0.252 e. The van der Waals surface area contributed by atoms with Gasteiger partial charge < -0.3 is 10.1 Å². The third-order valence-corrected chi connectivity index (χ3v) is 5.73. The fraction of sp³-hybridized carbons (Fsp3) is 0.480. The highest BCUT2D eigenvalue weighted by Gasteiger charge is 2.30. The number of pyridine rings is 1. The van der Waals surface area contributed by atoms with E-state index in [1.54, 1.807) is 0 Å². The van der Waals surface area contributed by atoms with Crippen LogP contribution in [0.5, 0.6) is 0 Å².